The molecule has 0 saturated carbocycles. The van der Waals surface area contributed by atoms with Gasteiger partial charge in [-0.05, 0) is 48.1 Å². The van der Waals surface area contributed by atoms with Crippen molar-refractivity contribution in [3.05, 3.63) is 94.5 Å². The molecule has 0 aliphatic heterocycles. The number of carbonyl (C=O) groups is 1. The zero-order chi connectivity index (χ0) is 20.4. The standard InChI is InChI=1S/C25H24O4/c1-29-21(15-5-10-16-8-3-2-4-9-16)22-17-11-6-13-19(26)23(17)25(28)24-18(22)12-7-14-20(24)27/h2-4,6-9,11-14,21-22,26-27H,5,10,15H2,1H3. The van der Waals surface area contributed by atoms with Gasteiger partial charge in [0.2, 0.25) is 5.78 Å². The van der Waals surface area contributed by atoms with Gasteiger partial charge in [-0.1, -0.05) is 54.6 Å². The van der Waals surface area contributed by atoms with E-state index in [1.807, 2.05) is 30.3 Å². The highest BCUT2D eigenvalue weighted by molar-refractivity contribution is 6.15. The van der Waals surface area contributed by atoms with E-state index in [2.05, 4.69) is 12.1 Å². The maximum absolute atomic E-state index is 13.0. The first-order chi connectivity index (χ1) is 14.1. The highest BCUT2D eigenvalue weighted by Crippen LogP contribution is 2.45. The van der Waals surface area contributed by atoms with E-state index in [1.54, 1.807) is 19.2 Å². The fourth-order valence-electron chi connectivity index (χ4n) is 4.39. The Bertz CT molecular complexity index is 971. The quantitative estimate of drug-likeness (QED) is 0.636. The third kappa shape index (κ3) is 3.52. The lowest BCUT2D eigenvalue weighted by Gasteiger charge is -2.33. The van der Waals surface area contributed by atoms with Gasteiger partial charge in [0, 0.05) is 13.0 Å². The summed E-state index contributed by atoms with van der Waals surface area (Å²) in [5.41, 5.74) is 3.30. The van der Waals surface area contributed by atoms with Crippen molar-refractivity contribution in [2.24, 2.45) is 0 Å². The molecule has 4 rings (SSSR count). The number of ketones is 1. The Morgan fingerprint density at radius 2 is 1.45 bits per heavy atom. The zero-order valence-electron chi connectivity index (χ0n) is 16.3. The van der Waals surface area contributed by atoms with Gasteiger partial charge in [0.1, 0.15) is 11.5 Å². The summed E-state index contributed by atoms with van der Waals surface area (Å²) in [6.07, 6.45) is 2.46. The summed E-state index contributed by atoms with van der Waals surface area (Å²) in [5.74, 6) is -0.713. The first-order valence-electron chi connectivity index (χ1n) is 9.87. The van der Waals surface area contributed by atoms with Crippen molar-refractivity contribution >= 4 is 5.78 Å². The topological polar surface area (TPSA) is 66.8 Å². The smallest absolute Gasteiger partial charge is 0.201 e. The summed E-state index contributed by atoms with van der Waals surface area (Å²) >= 11 is 0. The number of phenolic OH excluding ortho intramolecular Hbond substituents is 2. The number of ether oxygens (including phenoxy) is 1. The van der Waals surface area contributed by atoms with Crippen LogP contribution in [0.15, 0.2) is 66.7 Å². The molecule has 4 heteroatoms. The summed E-state index contributed by atoms with van der Waals surface area (Å²) in [4.78, 5) is 13.0. The van der Waals surface area contributed by atoms with Crippen LogP contribution in [0, 0.1) is 0 Å². The summed E-state index contributed by atoms with van der Waals surface area (Å²) in [6, 6.07) is 20.6. The van der Waals surface area contributed by atoms with Crippen molar-refractivity contribution in [3.63, 3.8) is 0 Å². The normalized spacial score (nSPS) is 14.3. The molecule has 4 nitrogen and oxygen atoms in total. The van der Waals surface area contributed by atoms with Gasteiger partial charge in [0.05, 0.1) is 17.2 Å². The van der Waals surface area contributed by atoms with E-state index >= 15 is 0 Å². The Morgan fingerprint density at radius 3 is 2.00 bits per heavy atom. The van der Waals surface area contributed by atoms with Crippen molar-refractivity contribution in [2.45, 2.75) is 31.3 Å². The Morgan fingerprint density at radius 1 is 0.862 bits per heavy atom. The first-order valence-corrected chi connectivity index (χ1v) is 9.87. The molecule has 29 heavy (non-hydrogen) atoms. The van der Waals surface area contributed by atoms with Crippen molar-refractivity contribution in [1.82, 2.24) is 0 Å². The molecule has 0 radical (unpaired) electrons. The molecule has 0 fully saturated rings. The highest BCUT2D eigenvalue weighted by Gasteiger charge is 2.38. The van der Waals surface area contributed by atoms with Gasteiger partial charge >= 0.3 is 0 Å². The van der Waals surface area contributed by atoms with Crippen LogP contribution in [0.4, 0.5) is 0 Å². The Labute approximate surface area is 170 Å². The molecule has 0 spiro atoms. The minimum atomic E-state index is -0.346. The number of hydrogen-bond donors (Lipinski definition) is 2. The molecule has 1 atom stereocenters. The first kappa shape index (κ1) is 19.2. The van der Waals surface area contributed by atoms with Gasteiger partial charge in [-0.3, -0.25) is 4.79 Å². The lowest BCUT2D eigenvalue weighted by molar-refractivity contribution is 0.0777. The van der Waals surface area contributed by atoms with Crippen molar-refractivity contribution in [2.75, 3.05) is 7.11 Å². The second kappa shape index (κ2) is 8.10. The van der Waals surface area contributed by atoms with Crippen molar-refractivity contribution in [1.29, 1.82) is 0 Å². The van der Waals surface area contributed by atoms with Gasteiger partial charge in [0.25, 0.3) is 0 Å². The van der Waals surface area contributed by atoms with E-state index in [4.69, 9.17) is 4.74 Å². The predicted molar refractivity (Wildman–Crippen MR) is 112 cm³/mol. The van der Waals surface area contributed by atoms with Crippen LogP contribution in [0.3, 0.4) is 0 Å². The zero-order valence-corrected chi connectivity index (χ0v) is 16.3. The largest absolute Gasteiger partial charge is 0.507 e. The van der Waals surface area contributed by atoms with E-state index < -0.39 is 0 Å². The number of fused-ring (bicyclic) bond motifs is 2. The summed E-state index contributed by atoms with van der Waals surface area (Å²) < 4.78 is 5.88. The van der Waals surface area contributed by atoms with Crippen molar-refractivity contribution in [3.8, 4) is 11.5 Å². The number of methoxy groups -OCH3 is 1. The third-order valence-electron chi connectivity index (χ3n) is 5.75. The Kier molecular flexibility index (Phi) is 5.36. The van der Waals surface area contributed by atoms with Crippen LogP contribution in [0.2, 0.25) is 0 Å². The fraction of sp³-hybridized carbons (Fsp3) is 0.240. The highest BCUT2D eigenvalue weighted by atomic mass is 16.5. The number of benzene rings is 3. The molecule has 1 unspecified atom stereocenters. The second-order valence-corrected chi connectivity index (χ2v) is 7.44. The van der Waals surface area contributed by atoms with Gasteiger partial charge in [0.15, 0.2) is 0 Å². The minimum absolute atomic E-state index is 0.0643. The van der Waals surface area contributed by atoms with E-state index in [0.29, 0.717) is 0 Å². The van der Waals surface area contributed by atoms with Crippen LogP contribution < -0.4 is 0 Å². The van der Waals surface area contributed by atoms with Gasteiger partial charge < -0.3 is 14.9 Å². The van der Waals surface area contributed by atoms with E-state index in [-0.39, 0.29) is 40.4 Å². The van der Waals surface area contributed by atoms with Crippen molar-refractivity contribution < 1.29 is 19.7 Å². The monoisotopic (exact) mass is 388 g/mol. The third-order valence-corrected chi connectivity index (χ3v) is 5.75. The van der Waals surface area contributed by atoms with E-state index in [0.717, 1.165) is 30.4 Å². The average molecular weight is 388 g/mol. The molecule has 1 aliphatic rings. The van der Waals surface area contributed by atoms with Crippen LogP contribution in [0.25, 0.3) is 0 Å². The maximum Gasteiger partial charge on any atom is 0.201 e. The molecule has 0 amide bonds. The Balaban J connectivity index is 1.70. The van der Waals surface area contributed by atoms with Crippen LogP contribution in [-0.2, 0) is 11.2 Å². The van der Waals surface area contributed by atoms with Crippen LogP contribution >= 0.6 is 0 Å². The van der Waals surface area contributed by atoms with Crippen LogP contribution in [-0.4, -0.2) is 29.2 Å². The van der Waals surface area contributed by atoms with E-state index in [1.165, 1.54) is 17.7 Å². The summed E-state index contributed by atoms with van der Waals surface area (Å²) in [5, 5.41) is 20.8. The number of carbonyl (C=O) groups excluding carboxylic acids is 1. The number of hydrogen-bond acceptors (Lipinski definition) is 4. The average Bonchev–Trinajstić information content (AvgIpc) is 2.73. The lowest BCUT2D eigenvalue weighted by Crippen LogP contribution is -2.29. The number of aromatic hydroxyl groups is 2. The summed E-state index contributed by atoms with van der Waals surface area (Å²) in [6.45, 7) is 0. The molecule has 0 saturated heterocycles. The molecule has 3 aromatic carbocycles. The van der Waals surface area contributed by atoms with Gasteiger partial charge in [-0.25, -0.2) is 0 Å². The second-order valence-electron chi connectivity index (χ2n) is 7.44. The Hall–Kier alpha value is -3.11. The molecule has 3 aromatic rings. The molecule has 1 aliphatic carbocycles. The van der Waals surface area contributed by atoms with Gasteiger partial charge in [-0.2, -0.15) is 0 Å². The molecule has 0 heterocycles. The fourth-order valence-corrected chi connectivity index (χ4v) is 4.39. The van der Waals surface area contributed by atoms with Gasteiger partial charge in [-0.15, -0.1) is 0 Å². The predicted octanol–water partition coefficient (Wildman–Crippen LogP) is 4.81. The SMILES string of the molecule is COC(CCCc1ccccc1)C1c2cccc(O)c2C(=O)c2c(O)cccc21. The molecule has 148 valence electrons. The number of phenols is 2. The van der Waals surface area contributed by atoms with Crippen LogP contribution in [0.5, 0.6) is 11.5 Å². The molecule has 0 aromatic heterocycles. The van der Waals surface area contributed by atoms with E-state index in [9.17, 15) is 15.0 Å². The maximum atomic E-state index is 13.0. The van der Waals surface area contributed by atoms with Crippen LogP contribution in [0.1, 0.15) is 51.4 Å². The lowest BCUT2D eigenvalue weighted by atomic mass is 9.73. The number of aryl methyl sites for hydroxylation is 1. The summed E-state index contributed by atoms with van der Waals surface area (Å²) in [7, 11) is 1.68. The minimum Gasteiger partial charge on any atom is -0.507 e. The molecular formula is C25H24O4. The molecular weight excluding hydrogens is 364 g/mol. The molecule has 0 bridgehead atoms. The number of rotatable bonds is 6. The molecule has 2 N–H and O–H groups in total.